The molecule has 2 aliphatic rings. The van der Waals surface area contributed by atoms with E-state index in [-0.39, 0.29) is 0 Å². The van der Waals surface area contributed by atoms with Gasteiger partial charge < -0.3 is 15.1 Å². The predicted molar refractivity (Wildman–Crippen MR) is 80.8 cm³/mol. The smallest absolute Gasteiger partial charge is 0.151 e. The Hall–Kier alpha value is -1.20. The molecule has 0 amide bonds. The minimum atomic E-state index is 0.651. The number of hydrogen-bond donors (Lipinski definition) is 1. The highest BCUT2D eigenvalue weighted by atomic mass is 15.3. The van der Waals surface area contributed by atoms with Gasteiger partial charge in [-0.25, -0.2) is 0 Å². The Morgan fingerprint density at radius 3 is 2.75 bits per heavy atom. The number of anilines is 1. The molecule has 5 nitrogen and oxygen atoms in total. The largest absolute Gasteiger partial charge is 0.357 e. The lowest BCUT2D eigenvalue weighted by Crippen LogP contribution is -2.37. The van der Waals surface area contributed by atoms with Crippen LogP contribution in [0.4, 0.5) is 5.82 Å². The van der Waals surface area contributed by atoms with Crippen molar-refractivity contribution in [1.29, 1.82) is 0 Å². The summed E-state index contributed by atoms with van der Waals surface area (Å²) in [6.45, 7) is 3.09. The monoisotopic (exact) mass is 275 g/mol. The van der Waals surface area contributed by atoms with Gasteiger partial charge in [0.25, 0.3) is 0 Å². The molecule has 1 aliphatic carbocycles. The average Bonchev–Trinajstić information content (AvgIpc) is 3.21. The second kappa shape index (κ2) is 6.06. The summed E-state index contributed by atoms with van der Waals surface area (Å²) >= 11 is 0. The van der Waals surface area contributed by atoms with Crippen LogP contribution in [-0.2, 0) is 6.54 Å². The van der Waals surface area contributed by atoms with Crippen LogP contribution in [-0.4, -0.2) is 54.4 Å². The van der Waals surface area contributed by atoms with Gasteiger partial charge in [-0.1, -0.05) is 0 Å². The van der Waals surface area contributed by atoms with E-state index in [2.05, 4.69) is 51.5 Å². The third-order valence-electron chi connectivity index (χ3n) is 4.40. The number of likely N-dealkylation sites (N-methyl/N-ethyl adjacent to an activating group) is 2. The first-order valence-corrected chi connectivity index (χ1v) is 7.70. The molecule has 1 unspecified atom stereocenters. The molecule has 2 fully saturated rings. The van der Waals surface area contributed by atoms with E-state index in [1.54, 1.807) is 0 Å². The summed E-state index contributed by atoms with van der Waals surface area (Å²) in [5.74, 6) is 0.973. The SMILES string of the molecule is CN(CC1CCCN1C)c1ccc(CNC2CC2)nn1. The summed E-state index contributed by atoms with van der Waals surface area (Å²) in [7, 11) is 4.32. The second-order valence-corrected chi connectivity index (χ2v) is 6.20. The molecule has 0 spiro atoms. The molecule has 1 saturated heterocycles. The highest BCUT2D eigenvalue weighted by molar-refractivity contribution is 5.36. The highest BCUT2D eigenvalue weighted by Gasteiger charge is 2.23. The minimum absolute atomic E-state index is 0.651. The van der Waals surface area contributed by atoms with Crippen LogP contribution in [0.25, 0.3) is 0 Å². The van der Waals surface area contributed by atoms with Crippen LogP contribution in [0.5, 0.6) is 0 Å². The number of hydrogen-bond acceptors (Lipinski definition) is 5. The Labute approximate surface area is 121 Å². The lowest BCUT2D eigenvalue weighted by Gasteiger charge is -2.26. The molecule has 20 heavy (non-hydrogen) atoms. The van der Waals surface area contributed by atoms with Crippen molar-refractivity contribution in [3.05, 3.63) is 17.8 Å². The fourth-order valence-electron chi connectivity index (χ4n) is 2.81. The summed E-state index contributed by atoms with van der Waals surface area (Å²) in [5.41, 5.74) is 1.03. The molecular weight excluding hydrogens is 250 g/mol. The van der Waals surface area contributed by atoms with Crippen LogP contribution in [0.2, 0.25) is 0 Å². The van der Waals surface area contributed by atoms with Gasteiger partial charge in [0.2, 0.25) is 0 Å². The topological polar surface area (TPSA) is 44.3 Å². The maximum Gasteiger partial charge on any atom is 0.151 e. The molecular formula is C15H25N5. The number of rotatable bonds is 6. The van der Waals surface area contributed by atoms with Gasteiger partial charge in [0.15, 0.2) is 5.82 Å². The molecule has 5 heteroatoms. The van der Waals surface area contributed by atoms with E-state index in [1.165, 1.54) is 32.2 Å². The van der Waals surface area contributed by atoms with E-state index in [1.807, 2.05) is 0 Å². The quantitative estimate of drug-likeness (QED) is 0.847. The Morgan fingerprint density at radius 2 is 2.15 bits per heavy atom. The van der Waals surface area contributed by atoms with Crippen LogP contribution < -0.4 is 10.2 Å². The zero-order chi connectivity index (χ0) is 13.9. The average molecular weight is 275 g/mol. The van der Waals surface area contributed by atoms with Gasteiger partial charge in [0.05, 0.1) is 5.69 Å². The van der Waals surface area contributed by atoms with Crippen molar-refractivity contribution in [1.82, 2.24) is 20.4 Å². The van der Waals surface area contributed by atoms with Gasteiger partial charge in [0.1, 0.15) is 0 Å². The van der Waals surface area contributed by atoms with Crippen molar-refractivity contribution in [3.8, 4) is 0 Å². The zero-order valence-electron chi connectivity index (χ0n) is 12.5. The molecule has 0 aromatic carbocycles. The predicted octanol–water partition coefficient (Wildman–Crippen LogP) is 1.26. The van der Waals surface area contributed by atoms with E-state index in [9.17, 15) is 0 Å². The third-order valence-corrected chi connectivity index (χ3v) is 4.40. The minimum Gasteiger partial charge on any atom is -0.357 e. The van der Waals surface area contributed by atoms with Gasteiger partial charge in [0, 0.05) is 32.2 Å². The number of likely N-dealkylation sites (tertiary alicyclic amines) is 1. The van der Waals surface area contributed by atoms with Crippen LogP contribution >= 0.6 is 0 Å². The van der Waals surface area contributed by atoms with Crippen molar-refractivity contribution in [2.75, 3.05) is 32.1 Å². The van der Waals surface area contributed by atoms with Gasteiger partial charge >= 0.3 is 0 Å². The maximum atomic E-state index is 4.36. The zero-order valence-corrected chi connectivity index (χ0v) is 12.5. The van der Waals surface area contributed by atoms with Crippen LogP contribution in [0.15, 0.2) is 12.1 Å². The molecule has 110 valence electrons. The highest BCUT2D eigenvalue weighted by Crippen LogP contribution is 2.20. The third kappa shape index (κ3) is 3.46. The van der Waals surface area contributed by atoms with E-state index < -0.39 is 0 Å². The first-order chi connectivity index (χ1) is 9.72. The van der Waals surface area contributed by atoms with Crippen LogP contribution in [0.3, 0.4) is 0 Å². The standard InChI is InChI=1S/C15H25N5/c1-19-9-3-4-14(19)11-20(2)15-8-7-13(17-18-15)10-16-12-5-6-12/h7-8,12,14,16H,3-6,9-11H2,1-2H3. The molecule has 2 heterocycles. The van der Waals surface area contributed by atoms with Crippen LogP contribution in [0, 0.1) is 0 Å². The van der Waals surface area contributed by atoms with Crippen molar-refractivity contribution in [3.63, 3.8) is 0 Å². The van der Waals surface area contributed by atoms with Crippen molar-refractivity contribution in [2.24, 2.45) is 0 Å². The summed E-state index contributed by atoms with van der Waals surface area (Å²) in [6, 6.07) is 5.55. The molecule has 1 saturated carbocycles. The lowest BCUT2D eigenvalue weighted by atomic mass is 10.2. The van der Waals surface area contributed by atoms with Crippen LogP contribution in [0.1, 0.15) is 31.4 Å². The maximum absolute atomic E-state index is 4.36. The fraction of sp³-hybridized carbons (Fsp3) is 0.733. The number of nitrogens with one attached hydrogen (secondary N) is 1. The second-order valence-electron chi connectivity index (χ2n) is 6.20. The first kappa shape index (κ1) is 13.8. The van der Waals surface area contributed by atoms with E-state index in [4.69, 9.17) is 0 Å². The lowest BCUT2D eigenvalue weighted by molar-refractivity contribution is 0.314. The van der Waals surface area contributed by atoms with Crippen molar-refractivity contribution in [2.45, 2.75) is 44.3 Å². The van der Waals surface area contributed by atoms with E-state index >= 15 is 0 Å². The molecule has 0 bridgehead atoms. The summed E-state index contributed by atoms with van der Waals surface area (Å²) in [4.78, 5) is 4.66. The van der Waals surface area contributed by atoms with Gasteiger partial charge in [-0.05, 0) is 51.4 Å². The van der Waals surface area contributed by atoms with Crippen molar-refractivity contribution >= 4 is 5.82 Å². The summed E-state index contributed by atoms with van der Waals surface area (Å²) in [5, 5.41) is 12.2. The molecule has 3 rings (SSSR count). The van der Waals surface area contributed by atoms with Gasteiger partial charge in [-0.2, -0.15) is 5.10 Å². The Morgan fingerprint density at radius 1 is 1.30 bits per heavy atom. The molecule has 1 aliphatic heterocycles. The normalized spacial score (nSPS) is 23.2. The molecule has 0 radical (unpaired) electrons. The molecule has 1 atom stereocenters. The van der Waals surface area contributed by atoms with Gasteiger partial charge in [-0.15, -0.1) is 5.10 Å². The number of aromatic nitrogens is 2. The summed E-state index contributed by atoms with van der Waals surface area (Å²) < 4.78 is 0. The molecule has 1 aromatic heterocycles. The first-order valence-electron chi connectivity index (χ1n) is 7.70. The van der Waals surface area contributed by atoms with Gasteiger partial charge in [-0.3, -0.25) is 0 Å². The molecule has 1 aromatic rings. The van der Waals surface area contributed by atoms with Crippen molar-refractivity contribution < 1.29 is 0 Å². The number of nitrogens with zero attached hydrogens (tertiary/aromatic N) is 4. The Balaban J connectivity index is 1.52. The Bertz CT molecular complexity index is 428. The summed E-state index contributed by atoms with van der Waals surface area (Å²) in [6.07, 6.45) is 5.22. The molecule has 1 N–H and O–H groups in total. The fourth-order valence-corrected chi connectivity index (χ4v) is 2.81. The van der Waals surface area contributed by atoms with E-state index in [0.29, 0.717) is 6.04 Å². The Kier molecular flexibility index (Phi) is 4.17. The van der Waals surface area contributed by atoms with E-state index in [0.717, 1.165) is 30.6 Å².